The molecule has 1 fully saturated rings. The van der Waals surface area contributed by atoms with Gasteiger partial charge in [0.15, 0.2) is 0 Å². The highest BCUT2D eigenvalue weighted by Crippen LogP contribution is 2.15. The molecule has 0 amide bonds. The van der Waals surface area contributed by atoms with E-state index in [1.165, 1.54) is 18.2 Å². The number of hydrogen-bond donors (Lipinski definition) is 1. The fourth-order valence-electron chi connectivity index (χ4n) is 2.40. The molecule has 0 spiro atoms. The Morgan fingerprint density at radius 3 is 2.72 bits per heavy atom. The van der Waals surface area contributed by atoms with Gasteiger partial charge in [-0.05, 0) is 43.5 Å². The lowest BCUT2D eigenvalue weighted by Gasteiger charge is -2.32. The van der Waals surface area contributed by atoms with E-state index in [9.17, 15) is 8.78 Å². The molecular formula is C14H20F2N2. The van der Waals surface area contributed by atoms with Crippen molar-refractivity contribution in [3.63, 3.8) is 0 Å². The van der Waals surface area contributed by atoms with Crippen LogP contribution in [0.4, 0.5) is 8.78 Å². The zero-order valence-electron chi connectivity index (χ0n) is 10.8. The topological polar surface area (TPSA) is 15.3 Å². The summed E-state index contributed by atoms with van der Waals surface area (Å²) in [5.74, 6) is -0.662. The standard InChI is InChI=1S/C14H20F2N2/c1-11(18-8-6-17-7-9-18)2-3-12-10-13(15)4-5-14(12)16/h4-5,10-11,17H,2-3,6-9H2,1H3. The Hall–Kier alpha value is -1.00. The summed E-state index contributed by atoms with van der Waals surface area (Å²) in [6, 6.07) is 4.09. The van der Waals surface area contributed by atoms with Crippen molar-refractivity contribution < 1.29 is 8.78 Å². The Bertz CT molecular complexity index is 389. The highest BCUT2D eigenvalue weighted by Gasteiger charge is 2.16. The molecule has 1 heterocycles. The van der Waals surface area contributed by atoms with E-state index in [1.807, 2.05) is 0 Å². The van der Waals surface area contributed by atoms with Crippen LogP contribution in [0.1, 0.15) is 18.9 Å². The van der Waals surface area contributed by atoms with Crippen molar-refractivity contribution in [2.75, 3.05) is 26.2 Å². The lowest BCUT2D eigenvalue weighted by Crippen LogP contribution is -2.47. The summed E-state index contributed by atoms with van der Waals surface area (Å²) in [7, 11) is 0. The predicted molar refractivity (Wildman–Crippen MR) is 68.6 cm³/mol. The van der Waals surface area contributed by atoms with Crippen LogP contribution in [0.5, 0.6) is 0 Å². The maximum Gasteiger partial charge on any atom is 0.126 e. The molecule has 1 aromatic carbocycles. The molecule has 1 unspecified atom stereocenters. The van der Waals surface area contributed by atoms with Crippen LogP contribution in [0.25, 0.3) is 0 Å². The van der Waals surface area contributed by atoms with E-state index < -0.39 is 0 Å². The van der Waals surface area contributed by atoms with Gasteiger partial charge in [0.2, 0.25) is 0 Å². The molecule has 100 valence electrons. The van der Waals surface area contributed by atoms with Gasteiger partial charge in [-0.25, -0.2) is 8.78 Å². The van der Waals surface area contributed by atoms with E-state index in [1.54, 1.807) is 0 Å². The summed E-state index contributed by atoms with van der Waals surface area (Å²) in [4.78, 5) is 2.40. The van der Waals surface area contributed by atoms with Crippen molar-refractivity contribution in [2.45, 2.75) is 25.8 Å². The first kappa shape index (κ1) is 13.4. The fraction of sp³-hybridized carbons (Fsp3) is 0.571. The number of nitrogens with one attached hydrogen (secondary N) is 1. The molecule has 2 nitrogen and oxygen atoms in total. The molecule has 1 atom stereocenters. The number of aryl methyl sites for hydroxylation is 1. The van der Waals surface area contributed by atoms with Crippen molar-refractivity contribution in [1.82, 2.24) is 10.2 Å². The minimum absolute atomic E-state index is 0.302. The molecule has 1 aliphatic heterocycles. The van der Waals surface area contributed by atoms with Gasteiger partial charge in [-0.15, -0.1) is 0 Å². The second kappa shape index (κ2) is 6.25. The maximum atomic E-state index is 13.5. The van der Waals surface area contributed by atoms with E-state index in [-0.39, 0.29) is 11.6 Å². The zero-order chi connectivity index (χ0) is 13.0. The number of nitrogens with zero attached hydrogens (tertiary/aromatic N) is 1. The maximum absolute atomic E-state index is 13.5. The average Bonchev–Trinajstić information content (AvgIpc) is 2.40. The van der Waals surface area contributed by atoms with Crippen LogP contribution in [-0.2, 0) is 6.42 Å². The first-order valence-electron chi connectivity index (χ1n) is 6.55. The third kappa shape index (κ3) is 3.50. The summed E-state index contributed by atoms with van der Waals surface area (Å²) in [6.07, 6.45) is 1.45. The van der Waals surface area contributed by atoms with Crippen molar-refractivity contribution in [2.24, 2.45) is 0 Å². The quantitative estimate of drug-likeness (QED) is 0.886. The van der Waals surface area contributed by atoms with Gasteiger partial charge >= 0.3 is 0 Å². The molecule has 1 aromatic rings. The summed E-state index contributed by atoms with van der Waals surface area (Å²) in [6.45, 7) is 6.25. The lowest BCUT2D eigenvalue weighted by atomic mass is 10.0. The summed E-state index contributed by atoms with van der Waals surface area (Å²) in [5.41, 5.74) is 0.483. The van der Waals surface area contributed by atoms with Crippen LogP contribution in [-0.4, -0.2) is 37.1 Å². The van der Waals surface area contributed by atoms with Crippen molar-refractivity contribution >= 4 is 0 Å². The summed E-state index contributed by atoms with van der Waals surface area (Å²) in [5, 5.41) is 3.31. The summed E-state index contributed by atoms with van der Waals surface area (Å²) < 4.78 is 26.5. The molecule has 2 rings (SSSR count). The molecule has 1 saturated heterocycles. The minimum atomic E-state index is -0.360. The number of benzene rings is 1. The zero-order valence-corrected chi connectivity index (χ0v) is 10.8. The highest BCUT2D eigenvalue weighted by atomic mass is 19.1. The van der Waals surface area contributed by atoms with Crippen LogP contribution in [0.15, 0.2) is 18.2 Å². The summed E-state index contributed by atoms with van der Waals surface area (Å²) >= 11 is 0. The van der Waals surface area contributed by atoms with Crippen LogP contribution in [0, 0.1) is 11.6 Å². The third-order valence-corrected chi connectivity index (χ3v) is 3.61. The van der Waals surface area contributed by atoms with Gasteiger partial charge in [0, 0.05) is 32.2 Å². The third-order valence-electron chi connectivity index (χ3n) is 3.61. The van der Waals surface area contributed by atoms with Gasteiger partial charge in [0.25, 0.3) is 0 Å². The van der Waals surface area contributed by atoms with E-state index in [2.05, 4.69) is 17.1 Å². The Kier molecular flexibility index (Phi) is 4.66. The second-order valence-corrected chi connectivity index (χ2v) is 4.91. The van der Waals surface area contributed by atoms with Gasteiger partial charge in [0.1, 0.15) is 11.6 Å². The van der Waals surface area contributed by atoms with Gasteiger partial charge in [-0.2, -0.15) is 0 Å². The Labute approximate surface area is 107 Å². The molecule has 0 bridgehead atoms. The molecule has 1 N–H and O–H groups in total. The van der Waals surface area contributed by atoms with Gasteiger partial charge in [-0.1, -0.05) is 0 Å². The largest absolute Gasteiger partial charge is 0.314 e. The number of hydrogen-bond acceptors (Lipinski definition) is 2. The Morgan fingerprint density at radius 1 is 1.28 bits per heavy atom. The van der Waals surface area contributed by atoms with Gasteiger partial charge in [-0.3, -0.25) is 4.90 Å². The molecule has 0 aliphatic carbocycles. The molecule has 1 aliphatic rings. The number of rotatable bonds is 4. The average molecular weight is 254 g/mol. The first-order chi connectivity index (χ1) is 8.66. The van der Waals surface area contributed by atoms with Crippen molar-refractivity contribution in [3.05, 3.63) is 35.4 Å². The lowest BCUT2D eigenvalue weighted by molar-refractivity contribution is 0.176. The van der Waals surface area contributed by atoms with Gasteiger partial charge < -0.3 is 5.32 Å². The fourth-order valence-corrected chi connectivity index (χ4v) is 2.40. The highest BCUT2D eigenvalue weighted by molar-refractivity contribution is 5.18. The van der Waals surface area contributed by atoms with Crippen LogP contribution >= 0.6 is 0 Å². The van der Waals surface area contributed by atoms with Crippen LogP contribution in [0.2, 0.25) is 0 Å². The second-order valence-electron chi connectivity index (χ2n) is 4.91. The Morgan fingerprint density at radius 2 is 2.00 bits per heavy atom. The van der Waals surface area contributed by atoms with Crippen molar-refractivity contribution in [3.8, 4) is 0 Å². The van der Waals surface area contributed by atoms with E-state index in [0.29, 0.717) is 18.0 Å². The molecule has 0 aromatic heterocycles. The smallest absolute Gasteiger partial charge is 0.126 e. The van der Waals surface area contributed by atoms with E-state index in [0.717, 1.165) is 32.6 Å². The normalized spacial score (nSPS) is 18.8. The first-order valence-corrected chi connectivity index (χ1v) is 6.55. The molecule has 0 saturated carbocycles. The predicted octanol–water partition coefficient (Wildman–Crippen LogP) is 2.19. The molecule has 18 heavy (non-hydrogen) atoms. The molecule has 0 radical (unpaired) electrons. The SMILES string of the molecule is CC(CCc1cc(F)ccc1F)N1CCNCC1. The van der Waals surface area contributed by atoms with E-state index in [4.69, 9.17) is 0 Å². The monoisotopic (exact) mass is 254 g/mol. The van der Waals surface area contributed by atoms with Crippen LogP contribution in [0.3, 0.4) is 0 Å². The van der Waals surface area contributed by atoms with Gasteiger partial charge in [0.05, 0.1) is 0 Å². The van der Waals surface area contributed by atoms with Crippen LogP contribution < -0.4 is 5.32 Å². The number of piperazine rings is 1. The van der Waals surface area contributed by atoms with Crippen molar-refractivity contribution in [1.29, 1.82) is 0 Å². The molecular weight excluding hydrogens is 234 g/mol. The number of halogens is 2. The van der Waals surface area contributed by atoms with E-state index >= 15 is 0 Å². The molecule has 4 heteroatoms. The minimum Gasteiger partial charge on any atom is -0.314 e. The Balaban J connectivity index is 1.88.